The summed E-state index contributed by atoms with van der Waals surface area (Å²) in [6.45, 7) is 7.28. The molecule has 0 nitrogen and oxygen atoms in total. The van der Waals surface area contributed by atoms with E-state index in [1.165, 1.54) is 0 Å². The van der Waals surface area contributed by atoms with Crippen LogP contribution < -0.4 is 10.7 Å². The predicted octanol–water partition coefficient (Wildman–Crippen LogP) is 3.96. The van der Waals surface area contributed by atoms with Crippen molar-refractivity contribution in [2.45, 2.75) is 24.2 Å². The summed E-state index contributed by atoms with van der Waals surface area (Å²) in [6, 6.07) is 33.6. The molecule has 0 aliphatic rings. The second-order valence-corrected chi connectivity index (χ2v) is 20.6. The van der Waals surface area contributed by atoms with E-state index in [2.05, 4.69) is 112 Å². The van der Waals surface area contributed by atoms with Gasteiger partial charge in [0, 0.05) is 0 Å². The summed E-state index contributed by atoms with van der Waals surface area (Å²) >= 11 is -3.12. The van der Waals surface area contributed by atoms with Crippen LogP contribution in [0.4, 0.5) is 0 Å². The van der Waals surface area contributed by atoms with Crippen molar-refractivity contribution in [3.8, 4) is 0 Å². The molecular weight excluding hydrogens is 383 g/mol. The number of rotatable bonds is 3. The molecule has 0 atom stereocenters. The molecule has 0 aliphatic carbocycles. The Labute approximate surface area is 144 Å². The maximum absolute atomic E-state index is 3.12. The van der Waals surface area contributed by atoms with Gasteiger partial charge in [0.15, 0.2) is 0 Å². The van der Waals surface area contributed by atoms with Crippen molar-refractivity contribution in [2.24, 2.45) is 0 Å². The van der Waals surface area contributed by atoms with E-state index < -0.39 is 18.4 Å². The molecule has 0 heterocycles. The normalized spacial score (nSPS) is 12.1. The van der Waals surface area contributed by atoms with Gasteiger partial charge in [-0.15, -0.1) is 0 Å². The quantitative estimate of drug-likeness (QED) is 0.577. The van der Waals surface area contributed by atoms with Gasteiger partial charge in [0.1, 0.15) is 0 Å². The van der Waals surface area contributed by atoms with E-state index >= 15 is 0 Å². The van der Waals surface area contributed by atoms with Crippen LogP contribution in [0, 0.1) is 0 Å². The molecular formula is C22H24Sn. The Balaban J connectivity index is 2.41. The Kier molecular flexibility index (Phi) is 4.63. The number of hydrogen-bond donors (Lipinski definition) is 0. The van der Waals surface area contributed by atoms with Gasteiger partial charge in [-0.1, -0.05) is 0 Å². The van der Waals surface area contributed by atoms with Crippen LogP contribution in [0.15, 0.2) is 91.0 Å². The second-order valence-electron chi connectivity index (χ2n) is 7.10. The summed E-state index contributed by atoms with van der Waals surface area (Å²) in [6.07, 6.45) is 0. The third-order valence-electron chi connectivity index (χ3n) is 4.75. The first-order chi connectivity index (χ1) is 11.1. The minimum absolute atomic E-state index is 0.235. The summed E-state index contributed by atoms with van der Waals surface area (Å²) in [7, 11) is 0. The minimum atomic E-state index is -3.12. The van der Waals surface area contributed by atoms with Crippen molar-refractivity contribution >= 4 is 29.1 Å². The van der Waals surface area contributed by atoms with E-state index in [1.54, 1.807) is 10.7 Å². The van der Waals surface area contributed by atoms with Crippen molar-refractivity contribution in [3.05, 3.63) is 91.0 Å². The summed E-state index contributed by atoms with van der Waals surface area (Å²) < 4.78 is 4.88. The standard InChI is InChI=1S/3C6H5.C4H9.Sn/c3*1-2-4-6-5-3-1;1-4(2)3;/h3*1-5H;1-3H3;. The molecule has 0 aliphatic heterocycles. The Hall–Kier alpha value is -1.54. The average Bonchev–Trinajstić information content (AvgIpc) is 2.57. The Bertz CT molecular complexity index is 644. The van der Waals surface area contributed by atoms with Crippen molar-refractivity contribution in [1.82, 2.24) is 0 Å². The fraction of sp³-hybridized carbons (Fsp3) is 0.182. The zero-order valence-electron chi connectivity index (χ0n) is 14.2. The van der Waals surface area contributed by atoms with Crippen LogP contribution in [0.25, 0.3) is 0 Å². The summed E-state index contributed by atoms with van der Waals surface area (Å²) in [5.74, 6) is 0. The summed E-state index contributed by atoms with van der Waals surface area (Å²) in [4.78, 5) is 0. The molecule has 23 heavy (non-hydrogen) atoms. The van der Waals surface area contributed by atoms with Crippen molar-refractivity contribution < 1.29 is 0 Å². The Morgan fingerprint density at radius 2 is 0.739 bits per heavy atom. The third-order valence-corrected chi connectivity index (χ3v) is 21.4. The van der Waals surface area contributed by atoms with Crippen LogP contribution >= 0.6 is 0 Å². The molecule has 0 saturated heterocycles. The monoisotopic (exact) mass is 408 g/mol. The first-order valence-electron chi connectivity index (χ1n) is 8.23. The molecule has 0 N–H and O–H groups in total. The van der Waals surface area contributed by atoms with Crippen molar-refractivity contribution in [2.75, 3.05) is 0 Å². The second kappa shape index (κ2) is 6.52. The van der Waals surface area contributed by atoms with Gasteiger partial charge in [-0.2, -0.15) is 0 Å². The van der Waals surface area contributed by atoms with E-state index in [4.69, 9.17) is 0 Å². The molecule has 0 saturated carbocycles. The Morgan fingerprint density at radius 3 is 0.957 bits per heavy atom. The van der Waals surface area contributed by atoms with E-state index in [9.17, 15) is 0 Å². The van der Waals surface area contributed by atoms with E-state index in [0.717, 1.165) is 0 Å². The third kappa shape index (κ3) is 2.85. The van der Waals surface area contributed by atoms with Gasteiger partial charge >= 0.3 is 144 Å². The zero-order valence-corrected chi connectivity index (χ0v) is 17.0. The predicted molar refractivity (Wildman–Crippen MR) is 104 cm³/mol. The molecule has 0 fully saturated rings. The van der Waals surface area contributed by atoms with Crippen LogP contribution in [-0.4, -0.2) is 18.4 Å². The average molecular weight is 407 g/mol. The number of hydrogen-bond acceptors (Lipinski definition) is 0. The first-order valence-corrected chi connectivity index (χ1v) is 13.9. The van der Waals surface area contributed by atoms with Crippen LogP contribution in [0.1, 0.15) is 20.8 Å². The van der Waals surface area contributed by atoms with E-state index in [1.807, 2.05) is 0 Å². The molecule has 0 aromatic heterocycles. The summed E-state index contributed by atoms with van der Waals surface area (Å²) in [5, 5.41) is 0. The van der Waals surface area contributed by atoms with Gasteiger partial charge in [0.25, 0.3) is 0 Å². The van der Waals surface area contributed by atoms with Gasteiger partial charge in [0.2, 0.25) is 0 Å². The SMILES string of the molecule is C[C](C)(C)[Sn]([c]1ccccc1)([c]1ccccc1)[c]1ccccc1. The van der Waals surface area contributed by atoms with Crippen molar-refractivity contribution in [1.29, 1.82) is 0 Å². The molecule has 1 heteroatoms. The van der Waals surface area contributed by atoms with E-state index in [0.29, 0.717) is 0 Å². The van der Waals surface area contributed by atoms with Crippen LogP contribution in [0.2, 0.25) is 3.43 Å². The van der Waals surface area contributed by atoms with Gasteiger partial charge in [-0.05, 0) is 0 Å². The van der Waals surface area contributed by atoms with Gasteiger partial charge < -0.3 is 0 Å². The van der Waals surface area contributed by atoms with Crippen LogP contribution in [-0.2, 0) is 0 Å². The van der Waals surface area contributed by atoms with Crippen molar-refractivity contribution in [3.63, 3.8) is 0 Å². The molecule has 0 radical (unpaired) electrons. The van der Waals surface area contributed by atoms with Crippen LogP contribution in [0.3, 0.4) is 0 Å². The fourth-order valence-corrected chi connectivity index (χ4v) is 20.1. The molecule has 0 spiro atoms. The molecule has 0 unspecified atom stereocenters. The van der Waals surface area contributed by atoms with Crippen LogP contribution in [0.5, 0.6) is 0 Å². The molecule has 0 bridgehead atoms. The maximum atomic E-state index is 2.43. The molecule has 0 amide bonds. The zero-order chi connectivity index (χ0) is 16.3. The summed E-state index contributed by atoms with van der Waals surface area (Å²) in [5.41, 5.74) is 0. The van der Waals surface area contributed by atoms with Gasteiger partial charge in [-0.25, -0.2) is 0 Å². The fourth-order valence-electron chi connectivity index (χ4n) is 3.86. The molecule has 3 aromatic carbocycles. The topological polar surface area (TPSA) is 0 Å². The van der Waals surface area contributed by atoms with Gasteiger partial charge in [0.05, 0.1) is 0 Å². The first kappa shape index (κ1) is 16.3. The molecule has 3 rings (SSSR count). The van der Waals surface area contributed by atoms with Gasteiger partial charge in [-0.3, -0.25) is 0 Å². The van der Waals surface area contributed by atoms with E-state index in [-0.39, 0.29) is 3.43 Å². The Morgan fingerprint density at radius 1 is 0.478 bits per heavy atom. The molecule has 3 aromatic rings. The molecule has 116 valence electrons. The number of benzene rings is 3.